The second-order valence-corrected chi connectivity index (χ2v) is 3.59. The first kappa shape index (κ1) is 10.7. The van der Waals surface area contributed by atoms with Crippen molar-refractivity contribution < 1.29 is 18.7 Å². The van der Waals surface area contributed by atoms with E-state index in [2.05, 4.69) is 4.99 Å². The zero-order chi connectivity index (χ0) is 11.7. The van der Waals surface area contributed by atoms with Gasteiger partial charge in [-0.3, -0.25) is 4.99 Å². The van der Waals surface area contributed by atoms with Gasteiger partial charge in [0, 0.05) is 17.3 Å². The summed E-state index contributed by atoms with van der Waals surface area (Å²) in [5.41, 5.74) is 0.579. The number of carboxylic acids is 1. The molecule has 0 amide bonds. The van der Waals surface area contributed by atoms with Crippen LogP contribution in [0.1, 0.15) is 18.4 Å². The van der Waals surface area contributed by atoms with Gasteiger partial charge in [-0.25, -0.2) is 13.6 Å². The number of carboxylic acid groups (broad SMARTS) is 1. The molecule has 0 radical (unpaired) electrons. The molecule has 16 heavy (non-hydrogen) atoms. The number of carbonyl (C=O) groups is 1. The van der Waals surface area contributed by atoms with Crippen LogP contribution in [0, 0.1) is 11.6 Å². The lowest BCUT2D eigenvalue weighted by Gasteiger charge is -2.01. The Hall–Kier alpha value is -1.78. The highest BCUT2D eigenvalue weighted by Gasteiger charge is 2.25. The van der Waals surface area contributed by atoms with Gasteiger partial charge < -0.3 is 5.11 Å². The molecule has 1 aliphatic heterocycles. The van der Waals surface area contributed by atoms with Crippen molar-refractivity contribution in [1.29, 1.82) is 0 Å². The fraction of sp³-hybridized carbons (Fsp3) is 0.273. The van der Waals surface area contributed by atoms with Gasteiger partial charge in [0.25, 0.3) is 0 Å². The third kappa shape index (κ3) is 1.93. The zero-order valence-corrected chi connectivity index (χ0v) is 8.28. The van der Waals surface area contributed by atoms with Crippen molar-refractivity contribution in [2.24, 2.45) is 4.99 Å². The lowest BCUT2D eigenvalue weighted by Crippen LogP contribution is -2.13. The smallest absolute Gasteiger partial charge is 0.328 e. The molecule has 0 spiro atoms. The Bertz CT molecular complexity index is 471. The second kappa shape index (κ2) is 4.00. The summed E-state index contributed by atoms with van der Waals surface area (Å²) in [5.74, 6) is -2.38. The van der Waals surface area contributed by atoms with Gasteiger partial charge in [-0.1, -0.05) is 0 Å². The van der Waals surface area contributed by atoms with Crippen molar-refractivity contribution in [3.63, 3.8) is 0 Å². The van der Waals surface area contributed by atoms with Crippen LogP contribution in [0.4, 0.5) is 8.78 Å². The van der Waals surface area contributed by atoms with E-state index < -0.39 is 23.6 Å². The number of nitrogens with zero attached hydrogens (tertiary/aromatic N) is 1. The third-order valence-corrected chi connectivity index (χ3v) is 2.49. The molecule has 0 saturated carbocycles. The highest BCUT2D eigenvalue weighted by molar-refractivity contribution is 6.03. The number of hydrogen-bond acceptors (Lipinski definition) is 2. The maximum atomic E-state index is 13.4. The van der Waals surface area contributed by atoms with E-state index in [1.54, 1.807) is 0 Å². The van der Waals surface area contributed by atoms with Gasteiger partial charge in [0.1, 0.15) is 17.7 Å². The van der Waals surface area contributed by atoms with Gasteiger partial charge in [-0.15, -0.1) is 0 Å². The minimum Gasteiger partial charge on any atom is -0.480 e. The molecule has 1 atom stereocenters. The van der Waals surface area contributed by atoms with E-state index in [4.69, 9.17) is 5.11 Å². The molecule has 1 N–H and O–H groups in total. The lowest BCUT2D eigenvalue weighted by atomic mass is 10.1. The van der Waals surface area contributed by atoms with Gasteiger partial charge in [0.05, 0.1) is 0 Å². The van der Waals surface area contributed by atoms with Crippen LogP contribution in [-0.2, 0) is 4.79 Å². The van der Waals surface area contributed by atoms with Crippen molar-refractivity contribution in [2.45, 2.75) is 18.9 Å². The molecule has 0 fully saturated rings. The summed E-state index contributed by atoms with van der Waals surface area (Å²) in [7, 11) is 0. The molecule has 0 aromatic heterocycles. The number of aliphatic carboxylic acids is 1. The van der Waals surface area contributed by atoms with Crippen LogP contribution in [0.15, 0.2) is 23.2 Å². The highest BCUT2D eigenvalue weighted by Crippen LogP contribution is 2.21. The minimum absolute atomic E-state index is 0.185. The van der Waals surface area contributed by atoms with Crippen molar-refractivity contribution in [3.05, 3.63) is 35.4 Å². The molecule has 0 saturated heterocycles. The van der Waals surface area contributed by atoms with E-state index in [1.165, 1.54) is 6.07 Å². The number of hydrogen-bond donors (Lipinski definition) is 1. The van der Waals surface area contributed by atoms with Crippen LogP contribution in [0.25, 0.3) is 0 Å². The van der Waals surface area contributed by atoms with E-state index in [-0.39, 0.29) is 5.56 Å². The Morgan fingerprint density at radius 1 is 1.44 bits per heavy atom. The normalized spacial score (nSPS) is 19.6. The first-order chi connectivity index (χ1) is 7.58. The van der Waals surface area contributed by atoms with E-state index in [1.807, 2.05) is 0 Å². The summed E-state index contributed by atoms with van der Waals surface area (Å²) in [6.07, 6.45) is 0.765. The van der Waals surface area contributed by atoms with E-state index >= 15 is 0 Å². The molecule has 1 aromatic rings. The maximum absolute atomic E-state index is 13.4. The molecule has 1 aliphatic rings. The molecule has 0 aliphatic carbocycles. The van der Waals surface area contributed by atoms with Crippen molar-refractivity contribution in [2.75, 3.05) is 0 Å². The molecule has 2 rings (SSSR count). The number of rotatable bonds is 2. The molecule has 0 bridgehead atoms. The SMILES string of the molecule is O=C(O)C1CCC(c2ccc(F)cc2F)=N1. The summed E-state index contributed by atoms with van der Waals surface area (Å²) in [4.78, 5) is 14.6. The van der Waals surface area contributed by atoms with Crippen LogP contribution >= 0.6 is 0 Å². The highest BCUT2D eigenvalue weighted by atomic mass is 19.1. The van der Waals surface area contributed by atoms with Crippen LogP contribution in [0.2, 0.25) is 0 Å². The Kier molecular flexibility index (Phi) is 2.68. The quantitative estimate of drug-likeness (QED) is 0.836. The fourth-order valence-electron chi connectivity index (χ4n) is 1.70. The topological polar surface area (TPSA) is 49.7 Å². The lowest BCUT2D eigenvalue weighted by molar-refractivity contribution is -0.138. The summed E-state index contributed by atoms with van der Waals surface area (Å²) >= 11 is 0. The standard InChI is InChI=1S/C11H9F2NO2/c12-6-1-2-7(8(13)5-6)9-3-4-10(14-9)11(15)16/h1-2,5,10H,3-4H2,(H,15,16). The average Bonchev–Trinajstić information content (AvgIpc) is 2.66. The van der Waals surface area contributed by atoms with Gasteiger partial charge in [-0.05, 0) is 25.0 Å². The van der Waals surface area contributed by atoms with Gasteiger partial charge >= 0.3 is 5.97 Å². The van der Waals surface area contributed by atoms with Crippen LogP contribution in [0.5, 0.6) is 0 Å². The third-order valence-electron chi connectivity index (χ3n) is 2.49. The van der Waals surface area contributed by atoms with E-state index in [0.717, 1.165) is 12.1 Å². The fourth-order valence-corrected chi connectivity index (χ4v) is 1.70. The molecule has 5 heteroatoms. The summed E-state index contributed by atoms with van der Waals surface area (Å²) in [5, 5.41) is 8.73. The predicted octanol–water partition coefficient (Wildman–Crippen LogP) is 2.00. The first-order valence-electron chi connectivity index (χ1n) is 4.83. The van der Waals surface area contributed by atoms with Crippen LogP contribution in [-0.4, -0.2) is 22.8 Å². The van der Waals surface area contributed by atoms with Gasteiger partial charge in [0.15, 0.2) is 0 Å². The molecule has 3 nitrogen and oxygen atoms in total. The van der Waals surface area contributed by atoms with Gasteiger partial charge in [0.2, 0.25) is 0 Å². The first-order valence-corrected chi connectivity index (χ1v) is 4.83. The number of benzene rings is 1. The average molecular weight is 225 g/mol. The van der Waals surface area contributed by atoms with Crippen LogP contribution in [0.3, 0.4) is 0 Å². The second-order valence-electron chi connectivity index (χ2n) is 3.59. The molecular weight excluding hydrogens is 216 g/mol. The largest absolute Gasteiger partial charge is 0.480 e. The summed E-state index contributed by atoms with van der Waals surface area (Å²) in [6, 6.07) is 2.38. The summed E-state index contributed by atoms with van der Waals surface area (Å²) < 4.78 is 26.0. The van der Waals surface area contributed by atoms with Crippen molar-refractivity contribution in [3.8, 4) is 0 Å². The zero-order valence-electron chi connectivity index (χ0n) is 8.28. The van der Waals surface area contributed by atoms with Crippen molar-refractivity contribution in [1.82, 2.24) is 0 Å². The molecular formula is C11H9F2NO2. The molecule has 1 aromatic carbocycles. The number of halogens is 2. The van der Waals surface area contributed by atoms with Crippen LogP contribution < -0.4 is 0 Å². The monoisotopic (exact) mass is 225 g/mol. The Morgan fingerprint density at radius 3 is 2.75 bits per heavy atom. The Labute approximate surface area is 90.4 Å². The minimum atomic E-state index is -1.02. The molecule has 1 unspecified atom stereocenters. The molecule has 1 heterocycles. The van der Waals surface area contributed by atoms with Crippen molar-refractivity contribution >= 4 is 11.7 Å². The maximum Gasteiger partial charge on any atom is 0.328 e. The Balaban J connectivity index is 2.32. The molecule has 84 valence electrons. The van der Waals surface area contributed by atoms with E-state index in [0.29, 0.717) is 18.6 Å². The van der Waals surface area contributed by atoms with Gasteiger partial charge in [-0.2, -0.15) is 0 Å². The predicted molar refractivity (Wildman–Crippen MR) is 53.6 cm³/mol. The van der Waals surface area contributed by atoms with E-state index in [9.17, 15) is 13.6 Å². The Morgan fingerprint density at radius 2 is 2.19 bits per heavy atom. The number of aliphatic imine (C=N–C) groups is 1. The summed E-state index contributed by atoms with van der Waals surface area (Å²) in [6.45, 7) is 0.